The van der Waals surface area contributed by atoms with E-state index in [2.05, 4.69) is 15.4 Å². The Kier molecular flexibility index (Phi) is 5.65. The third-order valence-electron chi connectivity index (χ3n) is 5.15. The Hall–Kier alpha value is -3.38. The van der Waals surface area contributed by atoms with Gasteiger partial charge < -0.3 is 10.1 Å². The van der Waals surface area contributed by atoms with Gasteiger partial charge in [0.05, 0.1) is 11.1 Å². The number of anilines is 1. The number of carbonyl (C=O) groups is 1. The molecule has 1 atom stereocenters. The second kappa shape index (κ2) is 8.40. The average Bonchev–Trinajstić information content (AvgIpc) is 3.04. The van der Waals surface area contributed by atoms with Crippen molar-refractivity contribution in [3.05, 3.63) is 70.9 Å². The number of carbonyl (C=O) groups excluding carboxylic acids is 1. The van der Waals surface area contributed by atoms with Gasteiger partial charge in [0.25, 0.3) is 5.91 Å². The quantitative estimate of drug-likeness (QED) is 0.462. The summed E-state index contributed by atoms with van der Waals surface area (Å²) in [6, 6.07) is 17.2. The number of ether oxygens (including phenoxy) is 1. The van der Waals surface area contributed by atoms with Gasteiger partial charge in [-0.2, -0.15) is 10.1 Å². The van der Waals surface area contributed by atoms with E-state index in [-0.39, 0.29) is 5.91 Å². The molecule has 2 heterocycles. The fraction of sp³-hybridized carbons (Fsp3) is 0.208. The van der Waals surface area contributed by atoms with E-state index in [9.17, 15) is 4.79 Å². The first kappa shape index (κ1) is 20.9. The van der Waals surface area contributed by atoms with E-state index in [0.29, 0.717) is 22.2 Å². The maximum absolute atomic E-state index is 12.7. The number of nitrogens with zero attached hydrogens (tertiary/aromatic N) is 3. The van der Waals surface area contributed by atoms with Crippen molar-refractivity contribution in [1.29, 1.82) is 0 Å². The van der Waals surface area contributed by atoms with Crippen LogP contribution in [0.25, 0.3) is 22.2 Å². The number of fused-ring (bicyclic) bond motifs is 1. The monoisotopic (exact) mass is 434 g/mol. The van der Waals surface area contributed by atoms with Crippen LogP contribution in [0.4, 0.5) is 5.69 Å². The fourth-order valence-corrected chi connectivity index (χ4v) is 3.70. The van der Waals surface area contributed by atoms with Gasteiger partial charge in [-0.05, 0) is 49.6 Å². The van der Waals surface area contributed by atoms with Gasteiger partial charge in [-0.25, -0.2) is 0 Å². The highest BCUT2D eigenvalue weighted by Crippen LogP contribution is 2.33. The third kappa shape index (κ3) is 4.25. The van der Waals surface area contributed by atoms with Crippen LogP contribution >= 0.6 is 11.6 Å². The first-order valence-corrected chi connectivity index (χ1v) is 10.3. The zero-order chi connectivity index (χ0) is 22.1. The van der Waals surface area contributed by atoms with E-state index in [0.717, 1.165) is 27.8 Å². The molecule has 1 amide bonds. The Morgan fingerprint density at radius 2 is 1.87 bits per heavy atom. The van der Waals surface area contributed by atoms with Gasteiger partial charge in [0.2, 0.25) is 5.88 Å². The summed E-state index contributed by atoms with van der Waals surface area (Å²) in [5, 5.41) is 8.91. The van der Waals surface area contributed by atoms with Crippen molar-refractivity contribution in [1.82, 2.24) is 14.8 Å². The fourth-order valence-electron chi connectivity index (χ4n) is 3.53. The molecule has 31 heavy (non-hydrogen) atoms. The highest BCUT2D eigenvalue weighted by Gasteiger charge is 2.20. The number of pyridine rings is 1. The van der Waals surface area contributed by atoms with Gasteiger partial charge in [-0.1, -0.05) is 48.0 Å². The van der Waals surface area contributed by atoms with Crippen LogP contribution in [-0.2, 0) is 11.8 Å². The first-order chi connectivity index (χ1) is 14.8. The minimum absolute atomic E-state index is 0.283. The Bertz CT molecular complexity index is 1270. The molecule has 158 valence electrons. The lowest BCUT2D eigenvalue weighted by atomic mass is 10.0. The highest BCUT2D eigenvalue weighted by molar-refractivity contribution is 6.31. The van der Waals surface area contributed by atoms with Crippen LogP contribution < -0.4 is 10.1 Å². The van der Waals surface area contributed by atoms with E-state index >= 15 is 0 Å². The molecule has 0 unspecified atom stereocenters. The Labute approximate surface area is 185 Å². The number of amides is 1. The van der Waals surface area contributed by atoms with Crippen molar-refractivity contribution < 1.29 is 9.53 Å². The van der Waals surface area contributed by atoms with Crippen molar-refractivity contribution in [2.75, 3.05) is 5.32 Å². The van der Waals surface area contributed by atoms with Crippen LogP contribution in [0.2, 0.25) is 5.02 Å². The van der Waals surface area contributed by atoms with Crippen molar-refractivity contribution >= 4 is 34.2 Å². The minimum atomic E-state index is -0.763. The van der Waals surface area contributed by atoms with Crippen LogP contribution in [0.5, 0.6) is 5.88 Å². The molecule has 7 heteroatoms. The van der Waals surface area contributed by atoms with Crippen LogP contribution in [0.1, 0.15) is 18.2 Å². The smallest absolute Gasteiger partial charge is 0.265 e. The summed E-state index contributed by atoms with van der Waals surface area (Å²) in [6.45, 7) is 5.56. The molecule has 0 saturated carbocycles. The van der Waals surface area contributed by atoms with Crippen molar-refractivity contribution in [3.63, 3.8) is 0 Å². The van der Waals surface area contributed by atoms with E-state index < -0.39 is 6.10 Å². The number of hydrogen-bond donors (Lipinski definition) is 1. The molecule has 0 spiro atoms. The molecule has 0 bridgehead atoms. The summed E-state index contributed by atoms with van der Waals surface area (Å²) >= 11 is 6.06. The largest absolute Gasteiger partial charge is 0.464 e. The van der Waals surface area contributed by atoms with E-state index in [1.807, 2.05) is 63.4 Å². The third-order valence-corrected chi connectivity index (χ3v) is 5.39. The molecular weight excluding hydrogens is 412 g/mol. The maximum atomic E-state index is 12.7. The topological polar surface area (TPSA) is 69.0 Å². The molecule has 0 aliphatic rings. The molecule has 2 aromatic heterocycles. The van der Waals surface area contributed by atoms with Crippen LogP contribution in [0, 0.1) is 13.8 Å². The molecule has 4 rings (SSSR count). The number of nitrogens with one attached hydrogen (secondary N) is 1. The zero-order valence-corrected chi connectivity index (χ0v) is 18.6. The SMILES string of the molecule is Cc1ccc(Cl)cc1NC(=O)[C@@H](C)Oc1cc(-c2ccccc2)c2c(C)nn(C)c2n1. The molecule has 0 aliphatic heterocycles. The van der Waals surface area contributed by atoms with Gasteiger partial charge >= 0.3 is 0 Å². The van der Waals surface area contributed by atoms with Crippen molar-refractivity contribution in [2.45, 2.75) is 26.9 Å². The second-order valence-electron chi connectivity index (χ2n) is 7.49. The van der Waals surface area contributed by atoms with Gasteiger partial charge in [0, 0.05) is 23.8 Å². The predicted octanol–water partition coefficient (Wildman–Crippen LogP) is 5.31. The lowest BCUT2D eigenvalue weighted by molar-refractivity contribution is -0.122. The van der Waals surface area contributed by atoms with Crippen LogP contribution in [0.15, 0.2) is 54.6 Å². The molecule has 0 fully saturated rings. The van der Waals surface area contributed by atoms with Gasteiger partial charge in [-0.3, -0.25) is 9.48 Å². The van der Waals surface area contributed by atoms with Crippen LogP contribution in [0.3, 0.4) is 0 Å². The molecule has 6 nitrogen and oxygen atoms in total. The number of aromatic nitrogens is 3. The normalized spacial score (nSPS) is 12.0. The highest BCUT2D eigenvalue weighted by atomic mass is 35.5. The maximum Gasteiger partial charge on any atom is 0.265 e. The molecule has 4 aromatic rings. The molecule has 2 aromatic carbocycles. The second-order valence-corrected chi connectivity index (χ2v) is 7.93. The summed E-state index contributed by atoms with van der Waals surface area (Å²) < 4.78 is 7.68. The molecular formula is C24H23ClN4O2. The average molecular weight is 435 g/mol. The van der Waals surface area contributed by atoms with E-state index in [1.165, 1.54) is 0 Å². The van der Waals surface area contributed by atoms with Crippen molar-refractivity contribution in [2.24, 2.45) is 7.05 Å². The summed E-state index contributed by atoms with van der Waals surface area (Å²) in [5.74, 6) is 0.0783. The number of aryl methyl sites for hydroxylation is 3. The Morgan fingerprint density at radius 1 is 1.13 bits per heavy atom. The summed E-state index contributed by atoms with van der Waals surface area (Å²) in [5.41, 5.74) is 5.15. The summed E-state index contributed by atoms with van der Waals surface area (Å²) in [4.78, 5) is 17.4. The number of hydrogen-bond acceptors (Lipinski definition) is 4. The van der Waals surface area contributed by atoms with Gasteiger partial charge in [0.1, 0.15) is 0 Å². The molecule has 0 radical (unpaired) electrons. The first-order valence-electron chi connectivity index (χ1n) is 9.97. The predicted molar refractivity (Wildman–Crippen MR) is 124 cm³/mol. The van der Waals surface area contributed by atoms with Crippen LogP contribution in [-0.4, -0.2) is 26.8 Å². The van der Waals surface area contributed by atoms with Gasteiger partial charge in [0.15, 0.2) is 11.8 Å². The molecule has 0 saturated heterocycles. The number of benzene rings is 2. The van der Waals surface area contributed by atoms with E-state index in [1.54, 1.807) is 23.7 Å². The summed E-state index contributed by atoms with van der Waals surface area (Å²) in [7, 11) is 1.85. The number of halogens is 1. The minimum Gasteiger partial charge on any atom is -0.464 e. The van der Waals surface area contributed by atoms with E-state index in [4.69, 9.17) is 16.3 Å². The number of rotatable bonds is 5. The lowest BCUT2D eigenvalue weighted by Gasteiger charge is -2.16. The molecule has 1 N–H and O–H groups in total. The summed E-state index contributed by atoms with van der Waals surface area (Å²) in [6.07, 6.45) is -0.763. The molecule has 0 aliphatic carbocycles. The zero-order valence-electron chi connectivity index (χ0n) is 17.8. The van der Waals surface area contributed by atoms with Gasteiger partial charge in [-0.15, -0.1) is 0 Å². The Morgan fingerprint density at radius 3 is 2.61 bits per heavy atom. The lowest BCUT2D eigenvalue weighted by Crippen LogP contribution is -2.30. The standard InChI is InChI=1S/C24H23ClN4O2/c1-14-10-11-18(25)12-20(14)26-24(30)16(3)31-21-13-19(17-8-6-5-7-9-17)22-15(2)28-29(4)23(22)27-21/h5-13,16H,1-4H3,(H,26,30)/t16-/m1/s1. The van der Waals surface area contributed by atoms with Crippen molar-refractivity contribution in [3.8, 4) is 17.0 Å². The Balaban J connectivity index is 1.66.